The Morgan fingerprint density at radius 2 is 1.95 bits per heavy atom. The van der Waals surface area contributed by atoms with Gasteiger partial charge >= 0.3 is 0 Å². The van der Waals surface area contributed by atoms with E-state index >= 15 is 0 Å². The van der Waals surface area contributed by atoms with Gasteiger partial charge < -0.3 is 10.4 Å². The molecule has 0 saturated carbocycles. The number of halogens is 2. The van der Waals surface area contributed by atoms with Crippen LogP contribution in [0.2, 0.25) is 0 Å². The molecule has 2 rings (SSSR count). The molecule has 2 N–H and O–H groups in total. The highest BCUT2D eigenvalue weighted by molar-refractivity contribution is 7.99. The van der Waals surface area contributed by atoms with Gasteiger partial charge in [0, 0.05) is 6.20 Å². The van der Waals surface area contributed by atoms with Crippen LogP contribution in [0.3, 0.4) is 0 Å². The molecule has 0 spiro atoms. The number of nitrogens with one attached hydrogen (secondary N) is 1. The number of rotatable bonds is 6. The Kier molecular flexibility index (Phi) is 5.85. The monoisotopic (exact) mass is 324 g/mol. The van der Waals surface area contributed by atoms with Gasteiger partial charge in [-0.1, -0.05) is 30.3 Å². The van der Waals surface area contributed by atoms with E-state index in [1.54, 1.807) is 24.3 Å². The number of hydrogen-bond acceptors (Lipinski definition) is 4. The maximum Gasteiger partial charge on any atom is 0.290 e. The number of aliphatic hydroxyl groups is 1. The molecule has 1 heterocycles. The van der Waals surface area contributed by atoms with Crippen LogP contribution in [0.25, 0.3) is 0 Å². The molecule has 1 atom stereocenters. The number of aliphatic hydroxyl groups excluding tert-OH is 1. The van der Waals surface area contributed by atoms with E-state index in [-0.39, 0.29) is 29.0 Å². The van der Waals surface area contributed by atoms with E-state index in [9.17, 15) is 18.7 Å². The Bertz CT molecular complexity index is 626. The molecule has 1 amide bonds. The molecule has 0 aliphatic carbocycles. The largest absolute Gasteiger partial charge is 0.394 e. The first-order valence-corrected chi connectivity index (χ1v) is 7.36. The molecule has 0 aliphatic rings. The quantitative estimate of drug-likeness (QED) is 0.802. The van der Waals surface area contributed by atoms with Crippen LogP contribution in [0.4, 0.5) is 8.78 Å². The molecular formula is C15H14F2N2O2S. The molecule has 1 aromatic heterocycles. The fourth-order valence-corrected chi connectivity index (χ4v) is 2.48. The molecule has 0 bridgehead atoms. The first-order valence-electron chi connectivity index (χ1n) is 6.48. The standard InChI is InChI=1S/C15H14F2N2O2S/c16-15(17)22-14-11(7-4-8-18-14)13(21)19-12(9-20)10-5-2-1-3-6-10/h1-8,12,15,20H,9H2,(H,19,21)/t12-/m1/s1. The number of amides is 1. The molecular weight excluding hydrogens is 310 g/mol. The molecule has 2 aromatic rings. The van der Waals surface area contributed by atoms with Crippen LogP contribution < -0.4 is 5.32 Å². The maximum absolute atomic E-state index is 12.5. The van der Waals surface area contributed by atoms with Crippen LogP contribution in [0.15, 0.2) is 53.7 Å². The number of hydrogen-bond donors (Lipinski definition) is 2. The molecule has 0 saturated heterocycles. The van der Waals surface area contributed by atoms with Crippen molar-refractivity contribution in [1.82, 2.24) is 10.3 Å². The number of alkyl halides is 2. The van der Waals surface area contributed by atoms with Gasteiger partial charge in [-0.25, -0.2) is 4.98 Å². The zero-order chi connectivity index (χ0) is 15.9. The summed E-state index contributed by atoms with van der Waals surface area (Å²) in [6, 6.07) is 11.2. The minimum Gasteiger partial charge on any atom is -0.394 e. The highest BCUT2D eigenvalue weighted by atomic mass is 32.2. The summed E-state index contributed by atoms with van der Waals surface area (Å²) in [4.78, 5) is 16.1. The summed E-state index contributed by atoms with van der Waals surface area (Å²) in [5, 5.41) is 12.0. The lowest BCUT2D eigenvalue weighted by Crippen LogP contribution is -2.31. The average molecular weight is 324 g/mol. The number of aromatic nitrogens is 1. The summed E-state index contributed by atoms with van der Waals surface area (Å²) in [6.07, 6.45) is 1.35. The van der Waals surface area contributed by atoms with Gasteiger partial charge in [0.15, 0.2) is 0 Å². The Hall–Kier alpha value is -1.99. The lowest BCUT2D eigenvalue weighted by Gasteiger charge is -2.17. The van der Waals surface area contributed by atoms with E-state index in [1.165, 1.54) is 18.3 Å². The van der Waals surface area contributed by atoms with Crippen LogP contribution in [0, 0.1) is 0 Å². The van der Waals surface area contributed by atoms with Crippen LogP contribution >= 0.6 is 11.8 Å². The predicted octanol–water partition coefficient (Wildman–Crippen LogP) is 2.86. The van der Waals surface area contributed by atoms with Gasteiger partial charge in [0.2, 0.25) is 0 Å². The third-order valence-electron chi connectivity index (χ3n) is 2.91. The Morgan fingerprint density at radius 1 is 1.23 bits per heavy atom. The van der Waals surface area contributed by atoms with E-state index < -0.39 is 17.7 Å². The summed E-state index contributed by atoms with van der Waals surface area (Å²) in [5.41, 5.74) is 0.785. The summed E-state index contributed by atoms with van der Waals surface area (Å²) in [7, 11) is 0. The van der Waals surface area contributed by atoms with E-state index in [0.29, 0.717) is 0 Å². The lowest BCUT2D eigenvalue weighted by atomic mass is 10.1. The second kappa shape index (κ2) is 7.86. The van der Waals surface area contributed by atoms with Gasteiger partial charge in [-0.05, 0) is 29.5 Å². The fraction of sp³-hybridized carbons (Fsp3) is 0.200. The highest BCUT2D eigenvalue weighted by Crippen LogP contribution is 2.26. The van der Waals surface area contributed by atoms with Crippen LogP contribution in [0.1, 0.15) is 22.0 Å². The van der Waals surface area contributed by atoms with E-state index in [4.69, 9.17) is 0 Å². The van der Waals surface area contributed by atoms with Gasteiger partial charge in [-0.2, -0.15) is 8.78 Å². The van der Waals surface area contributed by atoms with Crippen molar-refractivity contribution >= 4 is 17.7 Å². The fourth-order valence-electron chi connectivity index (χ4n) is 1.90. The van der Waals surface area contributed by atoms with Gasteiger partial charge in [0.05, 0.1) is 18.2 Å². The van der Waals surface area contributed by atoms with Gasteiger partial charge in [-0.15, -0.1) is 0 Å². The zero-order valence-electron chi connectivity index (χ0n) is 11.4. The Labute approximate surface area is 130 Å². The van der Waals surface area contributed by atoms with Crippen LogP contribution in [-0.4, -0.2) is 28.4 Å². The third kappa shape index (κ3) is 4.25. The summed E-state index contributed by atoms with van der Waals surface area (Å²) < 4.78 is 25.0. The van der Waals surface area contributed by atoms with Crippen molar-refractivity contribution in [2.45, 2.75) is 16.8 Å². The van der Waals surface area contributed by atoms with Crippen molar-refractivity contribution in [3.05, 3.63) is 59.8 Å². The molecule has 4 nitrogen and oxygen atoms in total. The van der Waals surface area contributed by atoms with Crippen molar-refractivity contribution in [3.8, 4) is 0 Å². The van der Waals surface area contributed by atoms with Crippen molar-refractivity contribution in [3.63, 3.8) is 0 Å². The SMILES string of the molecule is O=C(N[C@H](CO)c1ccccc1)c1cccnc1SC(F)F. The number of benzene rings is 1. The van der Waals surface area contributed by atoms with Crippen molar-refractivity contribution in [1.29, 1.82) is 0 Å². The number of carbonyl (C=O) groups excluding carboxylic acids is 1. The maximum atomic E-state index is 12.5. The Balaban J connectivity index is 2.18. The van der Waals surface area contributed by atoms with Crippen LogP contribution in [0.5, 0.6) is 0 Å². The molecule has 0 aliphatic heterocycles. The highest BCUT2D eigenvalue weighted by Gasteiger charge is 2.20. The molecule has 116 valence electrons. The second-order valence-corrected chi connectivity index (χ2v) is 5.33. The van der Waals surface area contributed by atoms with Crippen molar-refractivity contribution in [2.24, 2.45) is 0 Å². The molecule has 22 heavy (non-hydrogen) atoms. The topological polar surface area (TPSA) is 62.2 Å². The van der Waals surface area contributed by atoms with Crippen molar-refractivity contribution < 1.29 is 18.7 Å². The summed E-state index contributed by atoms with van der Waals surface area (Å²) in [6.45, 7) is -0.298. The summed E-state index contributed by atoms with van der Waals surface area (Å²) in [5.74, 6) is -3.22. The van der Waals surface area contributed by atoms with Gasteiger partial charge in [0.1, 0.15) is 5.03 Å². The Morgan fingerprint density at radius 3 is 2.59 bits per heavy atom. The smallest absolute Gasteiger partial charge is 0.290 e. The van der Waals surface area contributed by atoms with Crippen molar-refractivity contribution in [2.75, 3.05) is 6.61 Å². The lowest BCUT2D eigenvalue weighted by molar-refractivity contribution is 0.0912. The van der Waals surface area contributed by atoms with Crippen LogP contribution in [-0.2, 0) is 0 Å². The third-order valence-corrected chi connectivity index (χ3v) is 3.63. The summed E-state index contributed by atoms with van der Waals surface area (Å²) >= 11 is 0.216. The predicted molar refractivity (Wildman–Crippen MR) is 79.8 cm³/mol. The minimum absolute atomic E-state index is 0.0419. The molecule has 0 radical (unpaired) electrons. The molecule has 0 fully saturated rings. The molecule has 0 unspecified atom stereocenters. The van der Waals surface area contributed by atoms with Gasteiger partial charge in [-0.3, -0.25) is 4.79 Å². The second-order valence-electron chi connectivity index (χ2n) is 4.35. The van der Waals surface area contributed by atoms with E-state index in [0.717, 1.165) is 5.56 Å². The minimum atomic E-state index is -2.66. The zero-order valence-corrected chi connectivity index (χ0v) is 12.3. The molecule has 1 aromatic carbocycles. The first-order chi connectivity index (χ1) is 10.6. The number of pyridine rings is 1. The first kappa shape index (κ1) is 16.4. The number of thioether (sulfide) groups is 1. The molecule has 7 heteroatoms. The van der Waals surface area contributed by atoms with E-state index in [1.807, 2.05) is 6.07 Å². The number of nitrogens with zero attached hydrogens (tertiary/aromatic N) is 1. The van der Waals surface area contributed by atoms with Gasteiger partial charge in [0.25, 0.3) is 11.7 Å². The number of carbonyl (C=O) groups is 1. The van der Waals surface area contributed by atoms with E-state index in [2.05, 4.69) is 10.3 Å². The normalized spacial score (nSPS) is 12.2. The average Bonchev–Trinajstić information content (AvgIpc) is 2.53.